The van der Waals surface area contributed by atoms with Crippen LogP contribution in [0.25, 0.3) is 5.69 Å². The van der Waals surface area contributed by atoms with E-state index in [-0.39, 0.29) is 17.8 Å². The quantitative estimate of drug-likeness (QED) is 0.674. The van der Waals surface area contributed by atoms with Crippen molar-refractivity contribution in [1.29, 1.82) is 0 Å². The van der Waals surface area contributed by atoms with Gasteiger partial charge in [-0.3, -0.25) is 14.9 Å². The van der Waals surface area contributed by atoms with E-state index in [0.717, 1.165) is 0 Å². The van der Waals surface area contributed by atoms with E-state index in [9.17, 15) is 14.9 Å². The Morgan fingerprint density at radius 1 is 1.53 bits per heavy atom. The first kappa shape index (κ1) is 13.1. The molecule has 0 aliphatic rings. The summed E-state index contributed by atoms with van der Waals surface area (Å²) >= 11 is 3.25. The number of aromatic nitrogens is 3. The third kappa shape index (κ3) is 2.94. The second-order valence-electron chi connectivity index (χ2n) is 3.62. The summed E-state index contributed by atoms with van der Waals surface area (Å²) in [5, 5.41) is 26.8. The topological polar surface area (TPSA) is 111 Å². The number of carboxylic acids is 1. The highest BCUT2D eigenvalue weighted by Gasteiger charge is 2.13. The van der Waals surface area contributed by atoms with Crippen LogP contribution in [0.4, 0.5) is 5.69 Å². The molecule has 1 aromatic heterocycles. The number of non-ortho nitro benzene ring substituents is 1. The molecule has 8 nitrogen and oxygen atoms in total. The zero-order chi connectivity index (χ0) is 14.0. The summed E-state index contributed by atoms with van der Waals surface area (Å²) in [4.78, 5) is 20.7. The molecule has 1 N–H and O–H groups in total. The molecule has 0 bridgehead atoms. The molecular formula is C10H7BrN4O4. The van der Waals surface area contributed by atoms with Crippen LogP contribution in [-0.2, 0) is 11.2 Å². The van der Waals surface area contributed by atoms with E-state index < -0.39 is 10.9 Å². The first-order valence-electron chi connectivity index (χ1n) is 5.04. The highest BCUT2D eigenvalue weighted by Crippen LogP contribution is 2.25. The summed E-state index contributed by atoms with van der Waals surface area (Å²) in [6.07, 6.45) is 1.16. The molecule has 0 radical (unpaired) electrons. The predicted molar refractivity (Wildman–Crippen MR) is 67.1 cm³/mol. The van der Waals surface area contributed by atoms with E-state index in [1.54, 1.807) is 0 Å². The van der Waals surface area contributed by atoms with Crippen molar-refractivity contribution in [1.82, 2.24) is 15.0 Å². The number of carbonyl (C=O) groups is 1. The largest absolute Gasteiger partial charge is 0.481 e. The van der Waals surface area contributed by atoms with Gasteiger partial charge < -0.3 is 5.11 Å². The molecule has 0 saturated heterocycles. The minimum absolute atomic E-state index is 0.0894. The Labute approximate surface area is 114 Å². The Morgan fingerprint density at radius 2 is 2.26 bits per heavy atom. The first-order valence-corrected chi connectivity index (χ1v) is 5.84. The maximum absolute atomic E-state index is 10.7. The fourth-order valence-corrected chi connectivity index (χ4v) is 1.87. The second-order valence-corrected chi connectivity index (χ2v) is 4.47. The van der Waals surface area contributed by atoms with Crippen molar-refractivity contribution in [3.05, 3.63) is 44.7 Å². The first-order chi connectivity index (χ1) is 8.97. The third-order valence-corrected chi connectivity index (χ3v) is 2.93. The minimum Gasteiger partial charge on any atom is -0.481 e. The fraction of sp³-hybridized carbons (Fsp3) is 0.100. The lowest BCUT2D eigenvalue weighted by Crippen LogP contribution is -2.00. The molecule has 0 fully saturated rings. The summed E-state index contributed by atoms with van der Waals surface area (Å²) in [6.45, 7) is 0. The summed E-state index contributed by atoms with van der Waals surface area (Å²) in [7, 11) is 0. The van der Waals surface area contributed by atoms with Crippen LogP contribution in [0.3, 0.4) is 0 Å². The Bertz CT molecular complexity index is 655. The monoisotopic (exact) mass is 326 g/mol. The Balaban J connectivity index is 2.40. The van der Waals surface area contributed by atoms with Crippen LogP contribution >= 0.6 is 15.9 Å². The minimum atomic E-state index is -1.02. The molecule has 98 valence electrons. The van der Waals surface area contributed by atoms with Crippen LogP contribution in [0.15, 0.2) is 28.9 Å². The maximum atomic E-state index is 10.7. The van der Waals surface area contributed by atoms with Crippen molar-refractivity contribution in [2.75, 3.05) is 0 Å². The van der Waals surface area contributed by atoms with Gasteiger partial charge in [0.1, 0.15) is 0 Å². The van der Waals surface area contributed by atoms with E-state index in [1.165, 1.54) is 29.1 Å². The number of nitro groups is 1. The number of halogens is 1. The van der Waals surface area contributed by atoms with Crippen molar-refractivity contribution in [3.8, 4) is 5.69 Å². The van der Waals surface area contributed by atoms with Crippen LogP contribution < -0.4 is 0 Å². The molecule has 0 spiro atoms. The summed E-state index contributed by atoms with van der Waals surface area (Å²) in [6, 6.07) is 4.19. The van der Waals surface area contributed by atoms with E-state index in [2.05, 4.69) is 26.2 Å². The SMILES string of the molecule is O=C(O)Cc1cn(-c2cc([N+](=O)[O-])ccc2Br)nn1. The number of rotatable bonds is 4. The van der Waals surface area contributed by atoms with Gasteiger partial charge in [-0.1, -0.05) is 5.21 Å². The number of nitro benzene ring substituents is 1. The second kappa shape index (κ2) is 5.14. The van der Waals surface area contributed by atoms with Crippen LogP contribution in [-0.4, -0.2) is 31.0 Å². The Hall–Kier alpha value is -2.29. The standard InChI is InChI=1S/C10H7BrN4O4/c11-8-2-1-7(15(18)19)4-9(8)14-5-6(12-13-14)3-10(16)17/h1-2,4-5H,3H2,(H,16,17). The van der Waals surface area contributed by atoms with Gasteiger partial charge in [0.25, 0.3) is 5.69 Å². The van der Waals surface area contributed by atoms with E-state index in [1.807, 2.05) is 0 Å². The average molecular weight is 327 g/mol. The molecule has 2 aromatic rings. The van der Waals surface area contributed by atoms with Gasteiger partial charge in [0.15, 0.2) is 0 Å². The van der Waals surface area contributed by atoms with E-state index in [4.69, 9.17) is 5.11 Å². The normalized spacial score (nSPS) is 10.4. The Kier molecular flexibility index (Phi) is 3.56. The average Bonchev–Trinajstić information content (AvgIpc) is 2.76. The number of hydrogen-bond donors (Lipinski definition) is 1. The molecular weight excluding hydrogens is 320 g/mol. The molecule has 0 atom stereocenters. The van der Waals surface area contributed by atoms with Crippen molar-refractivity contribution in [2.45, 2.75) is 6.42 Å². The molecule has 9 heteroatoms. The molecule has 1 aromatic carbocycles. The highest BCUT2D eigenvalue weighted by molar-refractivity contribution is 9.10. The number of aliphatic carboxylic acids is 1. The molecule has 0 unspecified atom stereocenters. The number of hydrogen-bond acceptors (Lipinski definition) is 5. The molecule has 2 rings (SSSR count). The van der Waals surface area contributed by atoms with Gasteiger partial charge in [-0.2, -0.15) is 0 Å². The zero-order valence-corrected chi connectivity index (χ0v) is 10.9. The van der Waals surface area contributed by atoms with Crippen molar-refractivity contribution >= 4 is 27.6 Å². The van der Waals surface area contributed by atoms with Crippen molar-refractivity contribution < 1.29 is 14.8 Å². The molecule has 1 heterocycles. The van der Waals surface area contributed by atoms with Crippen molar-refractivity contribution in [2.24, 2.45) is 0 Å². The number of nitrogens with zero attached hydrogens (tertiary/aromatic N) is 4. The van der Waals surface area contributed by atoms with Crippen LogP contribution in [0, 0.1) is 10.1 Å². The van der Waals surface area contributed by atoms with Gasteiger partial charge in [0, 0.05) is 16.6 Å². The maximum Gasteiger partial charge on any atom is 0.309 e. The molecule has 0 aliphatic heterocycles. The van der Waals surface area contributed by atoms with Gasteiger partial charge in [0.05, 0.1) is 28.9 Å². The predicted octanol–water partition coefficient (Wildman–Crippen LogP) is 1.57. The molecule has 0 aliphatic carbocycles. The smallest absolute Gasteiger partial charge is 0.309 e. The number of benzene rings is 1. The van der Waals surface area contributed by atoms with Crippen molar-refractivity contribution in [3.63, 3.8) is 0 Å². The van der Waals surface area contributed by atoms with Gasteiger partial charge >= 0.3 is 5.97 Å². The Morgan fingerprint density at radius 3 is 2.89 bits per heavy atom. The van der Waals surface area contributed by atoms with Gasteiger partial charge in [0.2, 0.25) is 0 Å². The fourth-order valence-electron chi connectivity index (χ4n) is 1.44. The molecule has 0 saturated carbocycles. The van der Waals surface area contributed by atoms with E-state index >= 15 is 0 Å². The summed E-state index contributed by atoms with van der Waals surface area (Å²) in [5.74, 6) is -1.02. The van der Waals surface area contributed by atoms with Crippen LogP contribution in [0.1, 0.15) is 5.69 Å². The molecule has 0 amide bonds. The zero-order valence-electron chi connectivity index (χ0n) is 9.36. The lowest BCUT2D eigenvalue weighted by Gasteiger charge is -2.02. The van der Waals surface area contributed by atoms with Gasteiger partial charge in [-0.05, 0) is 22.0 Å². The molecule has 19 heavy (non-hydrogen) atoms. The van der Waals surface area contributed by atoms with Gasteiger partial charge in [-0.25, -0.2) is 4.68 Å². The number of carboxylic acid groups (broad SMARTS) is 1. The summed E-state index contributed by atoms with van der Waals surface area (Å²) in [5.41, 5.74) is 0.595. The van der Waals surface area contributed by atoms with E-state index in [0.29, 0.717) is 10.2 Å². The third-order valence-electron chi connectivity index (χ3n) is 2.26. The van der Waals surface area contributed by atoms with Crippen LogP contribution in [0.2, 0.25) is 0 Å². The van der Waals surface area contributed by atoms with Gasteiger partial charge in [-0.15, -0.1) is 5.10 Å². The lowest BCUT2D eigenvalue weighted by molar-refractivity contribution is -0.384. The summed E-state index contributed by atoms with van der Waals surface area (Å²) < 4.78 is 1.87. The lowest BCUT2D eigenvalue weighted by atomic mass is 10.3. The van der Waals surface area contributed by atoms with Crippen LogP contribution in [0.5, 0.6) is 0 Å². The highest BCUT2D eigenvalue weighted by atomic mass is 79.9.